The Bertz CT molecular complexity index is 716. The lowest BCUT2D eigenvalue weighted by molar-refractivity contribution is 0.0951. The van der Waals surface area contributed by atoms with E-state index in [9.17, 15) is 4.79 Å². The van der Waals surface area contributed by atoms with E-state index in [1.165, 1.54) is 0 Å². The molecule has 27 heavy (non-hydrogen) atoms. The Balaban J connectivity index is 2.06. The van der Waals surface area contributed by atoms with Crippen LogP contribution >= 0.6 is 0 Å². The first-order valence-electron chi connectivity index (χ1n) is 9.43. The zero-order valence-electron chi connectivity index (χ0n) is 16.6. The SMILES string of the molecule is CCOc1cc(C(=O)NCCCn2ccnc2C)cc(OCC)c1OCC. The van der Waals surface area contributed by atoms with Crippen LogP contribution in [0.25, 0.3) is 0 Å². The number of amides is 1. The zero-order valence-corrected chi connectivity index (χ0v) is 16.6. The molecule has 0 bridgehead atoms. The third-order valence-corrected chi connectivity index (χ3v) is 3.96. The van der Waals surface area contributed by atoms with Crippen LogP contribution in [0.4, 0.5) is 0 Å². The molecule has 7 nitrogen and oxygen atoms in total. The van der Waals surface area contributed by atoms with Gasteiger partial charge in [-0.1, -0.05) is 0 Å². The Morgan fingerprint density at radius 3 is 2.22 bits per heavy atom. The van der Waals surface area contributed by atoms with Crippen LogP contribution < -0.4 is 19.5 Å². The van der Waals surface area contributed by atoms with Crippen LogP contribution in [0, 0.1) is 6.92 Å². The van der Waals surface area contributed by atoms with E-state index in [4.69, 9.17) is 14.2 Å². The number of nitrogens with zero attached hydrogens (tertiary/aromatic N) is 2. The monoisotopic (exact) mass is 375 g/mol. The van der Waals surface area contributed by atoms with Gasteiger partial charge >= 0.3 is 0 Å². The molecule has 0 aliphatic heterocycles. The van der Waals surface area contributed by atoms with Crippen LogP contribution in [0.2, 0.25) is 0 Å². The maximum absolute atomic E-state index is 12.6. The van der Waals surface area contributed by atoms with Gasteiger partial charge in [-0.25, -0.2) is 4.98 Å². The van der Waals surface area contributed by atoms with Crippen molar-refractivity contribution < 1.29 is 19.0 Å². The van der Waals surface area contributed by atoms with E-state index in [2.05, 4.69) is 14.9 Å². The van der Waals surface area contributed by atoms with Gasteiger partial charge in [0, 0.05) is 31.0 Å². The van der Waals surface area contributed by atoms with E-state index < -0.39 is 0 Å². The fourth-order valence-corrected chi connectivity index (χ4v) is 2.71. The summed E-state index contributed by atoms with van der Waals surface area (Å²) in [6.07, 6.45) is 4.53. The zero-order chi connectivity index (χ0) is 19.6. The van der Waals surface area contributed by atoms with Crippen molar-refractivity contribution >= 4 is 5.91 Å². The number of carbonyl (C=O) groups is 1. The second-order valence-corrected chi connectivity index (χ2v) is 5.88. The van der Waals surface area contributed by atoms with Crippen molar-refractivity contribution in [2.75, 3.05) is 26.4 Å². The third kappa shape index (κ3) is 5.64. The number of carbonyl (C=O) groups excluding carboxylic acids is 1. The third-order valence-electron chi connectivity index (χ3n) is 3.96. The van der Waals surface area contributed by atoms with Crippen LogP contribution in [0.15, 0.2) is 24.5 Å². The predicted molar refractivity (Wildman–Crippen MR) is 104 cm³/mol. The molecule has 0 saturated heterocycles. The van der Waals surface area contributed by atoms with E-state index >= 15 is 0 Å². The van der Waals surface area contributed by atoms with Crippen LogP contribution in [-0.2, 0) is 6.54 Å². The number of aryl methyl sites for hydroxylation is 2. The van der Waals surface area contributed by atoms with Crippen LogP contribution in [0.5, 0.6) is 17.2 Å². The summed E-state index contributed by atoms with van der Waals surface area (Å²) >= 11 is 0. The first kappa shape index (κ1) is 20.6. The summed E-state index contributed by atoms with van der Waals surface area (Å²) in [5, 5.41) is 2.95. The molecular weight excluding hydrogens is 346 g/mol. The van der Waals surface area contributed by atoms with E-state index in [0.29, 0.717) is 49.2 Å². The normalized spacial score (nSPS) is 10.5. The number of aromatic nitrogens is 2. The maximum atomic E-state index is 12.6. The molecule has 2 rings (SSSR count). The smallest absolute Gasteiger partial charge is 0.251 e. The number of imidazole rings is 1. The molecule has 1 aromatic carbocycles. The minimum atomic E-state index is -0.165. The summed E-state index contributed by atoms with van der Waals surface area (Å²) in [6.45, 7) is 10.4. The Morgan fingerprint density at radius 1 is 1.07 bits per heavy atom. The number of hydrogen-bond acceptors (Lipinski definition) is 5. The van der Waals surface area contributed by atoms with Gasteiger partial charge in [0.15, 0.2) is 11.5 Å². The van der Waals surface area contributed by atoms with Crippen molar-refractivity contribution in [1.82, 2.24) is 14.9 Å². The van der Waals surface area contributed by atoms with Crippen molar-refractivity contribution in [1.29, 1.82) is 0 Å². The quantitative estimate of drug-likeness (QED) is 0.611. The standard InChI is InChI=1S/C20H29N3O4/c1-5-25-17-13-16(14-18(26-6-2)19(17)27-7-3)20(24)22-9-8-11-23-12-10-21-15(23)4/h10,12-14H,5-9,11H2,1-4H3,(H,22,24). The average molecular weight is 375 g/mol. The summed E-state index contributed by atoms with van der Waals surface area (Å²) < 4.78 is 19.0. The highest BCUT2D eigenvalue weighted by atomic mass is 16.5. The van der Waals surface area contributed by atoms with Gasteiger partial charge in [-0.05, 0) is 46.2 Å². The van der Waals surface area contributed by atoms with E-state index in [1.807, 2.05) is 33.9 Å². The summed E-state index contributed by atoms with van der Waals surface area (Å²) in [4.78, 5) is 16.8. The summed E-state index contributed by atoms with van der Waals surface area (Å²) in [5.41, 5.74) is 0.490. The van der Waals surface area contributed by atoms with Gasteiger partial charge in [-0.15, -0.1) is 0 Å². The average Bonchev–Trinajstić information content (AvgIpc) is 3.06. The molecule has 2 aromatic rings. The fourth-order valence-electron chi connectivity index (χ4n) is 2.71. The van der Waals surface area contributed by atoms with E-state index in [1.54, 1.807) is 18.3 Å². The maximum Gasteiger partial charge on any atom is 0.251 e. The van der Waals surface area contributed by atoms with Gasteiger partial charge in [0.1, 0.15) is 5.82 Å². The van der Waals surface area contributed by atoms with Crippen molar-refractivity contribution in [3.8, 4) is 17.2 Å². The summed E-state index contributed by atoms with van der Waals surface area (Å²) in [7, 11) is 0. The Hall–Kier alpha value is -2.70. The molecule has 0 fully saturated rings. The number of benzene rings is 1. The highest BCUT2D eigenvalue weighted by Gasteiger charge is 2.18. The van der Waals surface area contributed by atoms with Gasteiger partial charge in [0.2, 0.25) is 5.75 Å². The molecule has 0 spiro atoms. The minimum absolute atomic E-state index is 0.165. The predicted octanol–water partition coefficient (Wildman–Crippen LogP) is 3.21. The summed E-state index contributed by atoms with van der Waals surface area (Å²) in [6, 6.07) is 3.40. The van der Waals surface area contributed by atoms with E-state index in [0.717, 1.165) is 18.8 Å². The summed E-state index contributed by atoms with van der Waals surface area (Å²) in [5.74, 6) is 2.38. The lowest BCUT2D eigenvalue weighted by Crippen LogP contribution is -2.25. The molecule has 0 aliphatic rings. The van der Waals surface area contributed by atoms with Crippen molar-refractivity contribution in [2.45, 2.75) is 40.7 Å². The highest BCUT2D eigenvalue weighted by molar-refractivity contribution is 5.95. The van der Waals surface area contributed by atoms with Gasteiger partial charge in [0.25, 0.3) is 5.91 Å². The Morgan fingerprint density at radius 2 is 1.70 bits per heavy atom. The van der Waals surface area contributed by atoms with Crippen molar-refractivity contribution in [2.24, 2.45) is 0 Å². The molecule has 0 aliphatic carbocycles. The first-order valence-corrected chi connectivity index (χ1v) is 9.43. The van der Waals surface area contributed by atoms with Gasteiger partial charge in [0.05, 0.1) is 19.8 Å². The molecule has 1 N–H and O–H groups in total. The lowest BCUT2D eigenvalue weighted by atomic mass is 10.1. The molecule has 0 saturated carbocycles. The van der Waals surface area contributed by atoms with Crippen molar-refractivity contribution in [3.63, 3.8) is 0 Å². The molecular formula is C20H29N3O4. The largest absolute Gasteiger partial charge is 0.490 e. The number of ether oxygens (including phenoxy) is 3. The number of hydrogen-bond donors (Lipinski definition) is 1. The molecule has 0 atom stereocenters. The molecule has 1 aromatic heterocycles. The Kier molecular flexibility index (Phi) is 7.98. The minimum Gasteiger partial charge on any atom is -0.490 e. The van der Waals surface area contributed by atoms with Crippen LogP contribution in [0.1, 0.15) is 43.4 Å². The molecule has 1 amide bonds. The van der Waals surface area contributed by atoms with E-state index in [-0.39, 0.29) is 5.91 Å². The molecule has 0 unspecified atom stereocenters. The molecule has 0 radical (unpaired) electrons. The molecule has 148 valence electrons. The number of rotatable bonds is 11. The van der Waals surface area contributed by atoms with Crippen molar-refractivity contribution in [3.05, 3.63) is 35.9 Å². The van der Waals surface area contributed by atoms with Crippen LogP contribution in [-0.4, -0.2) is 41.8 Å². The second kappa shape index (κ2) is 10.4. The molecule has 7 heteroatoms. The van der Waals surface area contributed by atoms with Crippen LogP contribution in [0.3, 0.4) is 0 Å². The second-order valence-electron chi connectivity index (χ2n) is 5.88. The highest BCUT2D eigenvalue weighted by Crippen LogP contribution is 2.39. The lowest BCUT2D eigenvalue weighted by Gasteiger charge is -2.17. The van der Waals surface area contributed by atoms with Gasteiger partial charge in [-0.2, -0.15) is 0 Å². The first-order chi connectivity index (χ1) is 13.1. The fraction of sp³-hybridized carbons (Fsp3) is 0.500. The Labute approximate surface area is 160 Å². The topological polar surface area (TPSA) is 74.6 Å². The van der Waals surface area contributed by atoms with Gasteiger partial charge in [-0.3, -0.25) is 4.79 Å². The molecule has 1 heterocycles. The number of nitrogens with one attached hydrogen (secondary N) is 1. The van der Waals surface area contributed by atoms with Gasteiger partial charge < -0.3 is 24.1 Å².